The molecule has 0 saturated carbocycles. The molecule has 0 bridgehead atoms. The number of hydrogen-bond acceptors (Lipinski definition) is 5. The van der Waals surface area contributed by atoms with Crippen LogP contribution in [0, 0.1) is 0 Å². The molecule has 1 aromatic heterocycles. The van der Waals surface area contributed by atoms with E-state index >= 15 is 0 Å². The molecule has 1 aromatic carbocycles. The molecule has 0 spiro atoms. The number of benzene rings is 1. The fourth-order valence-corrected chi connectivity index (χ4v) is 3.99. The summed E-state index contributed by atoms with van der Waals surface area (Å²) in [5.41, 5.74) is 1.02. The lowest BCUT2D eigenvalue weighted by Crippen LogP contribution is -2.33. The Morgan fingerprint density at radius 2 is 1.85 bits per heavy atom. The summed E-state index contributed by atoms with van der Waals surface area (Å²) in [4.78, 5) is 14.5. The lowest BCUT2D eigenvalue weighted by molar-refractivity contribution is -0.128. The fraction of sp³-hybridized carbons (Fsp3) is 0.526. The predicted octanol–water partition coefficient (Wildman–Crippen LogP) is 3.09. The van der Waals surface area contributed by atoms with Gasteiger partial charge in [0.1, 0.15) is 0 Å². The summed E-state index contributed by atoms with van der Waals surface area (Å²) in [6, 6.07) is 9.99. The van der Waals surface area contributed by atoms with E-state index in [1.807, 2.05) is 39.8 Å². The van der Waals surface area contributed by atoms with Gasteiger partial charge in [-0.2, -0.15) is 0 Å². The van der Waals surface area contributed by atoms with Crippen LogP contribution >= 0.6 is 11.8 Å². The van der Waals surface area contributed by atoms with E-state index in [4.69, 9.17) is 4.74 Å². The molecule has 2 heterocycles. The number of nitrogens with zero attached hydrogens (tertiary/aromatic N) is 4. The highest BCUT2D eigenvalue weighted by atomic mass is 32.2. The van der Waals surface area contributed by atoms with Gasteiger partial charge in [-0.15, -0.1) is 10.2 Å². The Hall–Kier alpha value is -1.86. The van der Waals surface area contributed by atoms with Crippen molar-refractivity contribution in [2.45, 2.75) is 37.4 Å². The van der Waals surface area contributed by atoms with Gasteiger partial charge in [0, 0.05) is 25.8 Å². The highest BCUT2D eigenvalue weighted by Gasteiger charge is 2.19. The SMILES string of the molecule is COCCn1c(SCC(=O)N2CCCCCC2)nnc1-c1ccccc1. The smallest absolute Gasteiger partial charge is 0.233 e. The Bertz CT molecular complexity index is 697. The van der Waals surface area contributed by atoms with Crippen LogP contribution in [0.25, 0.3) is 11.4 Å². The van der Waals surface area contributed by atoms with Gasteiger partial charge in [-0.25, -0.2) is 0 Å². The van der Waals surface area contributed by atoms with E-state index in [1.165, 1.54) is 24.6 Å². The Balaban J connectivity index is 1.70. The van der Waals surface area contributed by atoms with Crippen molar-refractivity contribution >= 4 is 17.7 Å². The maximum Gasteiger partial charge on any atom is 0.233 e. The maximum absolute atomic E-state index is 12.5. The second-order valence-electron chi connectivity index (χ2n) is 6.40. The standard InChI is InChI=1S/C19H26N4O2S/c1-25-14-13-23-18(16-9-5-4-6-10-16)20-21-19(23)26-15-17(24)22-11-7-2-3-8-12-22/h4-6,9-10H,2-3,7-8,11-15H2,1H3. The Morgan fingerprint density at radius 1 is 1.12 bits per heavy atom. The van der Waals surface area contributed by atoms with E-state index in [2.05, 4.69) is 10.2 Å². The molecule has 2 aromatic rings. The minimum atomic E-state index is 0.194. The average Bonchev–Trinajstić information content (AvgIpc) is 2.88. The summed E-state index contributed by atoms with van der Waals surface area (Å²) >= 11 is 1.46. The Labute approximate surface area is 158 Å². The molecule has 1 fully saturated rings. The predicted molar refractivity (Wildman–Crippen MR) is 103 cm³/mol. The van der Waals surface area contributed by atoms with E-state index in [1.54, 1.807) is 7.11 Å². The molecule has 1 saturated heterocycles. The minimum absolute atomic E-state index is 0.194. The van der Waals surface area contributed by atoms with Crippen LogP contribution in [0.5, 0.6) is 0 Å². The molecule has 0 N–H and O–H groups in total. The molecule has 0 unspecified atom stereocenters. The number of ether oxygens (including phenoxy) is 1. The Morgan fingerprint density at radius 3 is 2.54 bits per heavy atom. The normalized spacial score (nSPS) is 15.0. The molecule has 0 radical (unpaired) electrons. The van der Waals surface area contributed by atoms with Gasteiger partial charge in [0.2, 0.25) is 5.91 Å². The molecule has 26 heavy (non-hydrogen) atoms. The lowest BCUT2D eigenvalue weighted by atomic mass is 10.2. The number of amides is 1. The van der Waals surface area contributed by atoms with E-state index in [0.29, 0.717) is 18.9 Å². The first kappa shape index (κ1) is 18.9. The van der Waals surface area contributed by atoms with Crippen LogP contribution in [-0.2, 0) is 16.1 Å². The third-order valence-electron chi connectivity index (χ3n) is 4.55. The van der Waals surface area contributed by atoms with Gasteiger partial charge in [-0.1, -0.05) is 54.9 Å². The van der Waals surface area contributed by atoms with Crippen LogP contribution in [0.2, 0.25) is 0 Å². The van der Waals surface area contributed by atoms with Crippen molar-refractivity contribution < 1.29 is 9.53 Å². The van der Waals surface area contributed by atoms with Crippen molar-refractivity contribution in [2.24, 2.45) is 0 Å². The largest absolute Gasteiger partial charge is 0.383 e. The number of thioether (sulfide) groups is 1. The van der Waals surface area contributed by atoms with Crippen molar-refractivity contribution in [1.82, 2.24) is 19.7 Å². The number of rotatable bonds is 7. The molecular formula is C19H26N4O2S. The minimum Gasteiger partial charge on any atom is -0.383 e. The van der Waals surface area contributed by atoms with Crippen LogP contribution in [0.15, 0.2) is 35.5 Å². The summed E-state index contributed by atoms with van der Waals surface area (Å²) in [6.45, 7) is 3.00. The van der Waals surface area contributed by atoms with Crippen LogP contribution in [0.3, 0.4) is 0 Å². The van der Waals surface area contributed by atoms with Crippen molar-refractivity contribution in [3.8, 4) is 11.4 Å². The zero-order chi connectivity index (χ0) is 18.2. The highest BCUT2D eigenvalue weighted by Crippen LogP contribution is 2.24. The monoisotopic (exact) mass is 374 g/mol. The molecule has 0 atom stereocenters. The van der Waals surface area contributed by atoms with Crippen LogP contribution < -0.4 is 0 Å². The number of carbonyl (C=O) groups is 1. The topological polar surface area (TPSA) is 60.2 Å². The third-order valence-corrected chi connectivity index (χ3v) is 5.50. The van der Waals surface area contributed by atoms with Gasteiger partial charge in [-0.3, -0.25) is 9.36 Å². The second kappa shape index (κ2) is 9.73. The molecular weight excluding hydrogens is 348 g/mol. The van der Waals surface area contributed by atoms with Gasteiger partial charge in [0.15, 0.2) is 11.0 Å². The first-order chi connectivity index (χ1) is 12.8. The van der Waals surface area contributed by atoms with E-state index in [9.17, 15) is 4.79 Å². The summed E-state index contributed by atoms with van der Waals surface area (Å²) in [5, 5.41) is 9.45. The number of likely N-dealkylation sites (tertiary alicyclic amines) is 1. The quantitative estimate of drug-likeness (QED) is 0.697. The molecule has 1 aliphatic rings. The van der Waals surface area contributed by atoms with Gasteiger partial charge in [0.05, 0.1) is 18.9 Å². The lowest BCUT2D eigenvalue weighted by Gasteiger charge is -2.19. The number of hydrogen-bond donors (Lipinski definition) is 0. The summed E-state index contributed by atoms with van der Waals surface area (Å²) < 4.78 is 7.28. The van der Waals surface area contributed by atoms with Crippen molar-refractivity contribution in [1.29, 1.82) is 0 Å². The van der Waals surface area contributed by atoms with Crippen molar-refractivity contribution in [2.75, 3.05) is 32.6 Å². The van der Waals surface area contributed by atoms with Crippen LogP contribution in [-0.4, -0.2) is 58.1 Å². The van der Waals surface area contributed by atoms with Gasteiger partial charge < -0.3 is 9.64 Å². The second-order valence-corrected chi connectivity index (χ2v) is 7.34. The maximum atomic E-state index is 12.5. The summed E-state index contributed by atoms with van der Waals surface area (Å²) in [7, 11) is 1.68. The van der Waals surface area contributed by atoms with Crippen molar-refractivity contribution in [3.05, 3.63) is 30.3 Å². The first-order valence-electron chi connectivity index (χ1n) is 9.17. The van der Waals surface area contributed by atoms with Crippen LogP contribution in [0.4, 0.5) is 0 Å². The van der Waals surface area contributed by atoms with E-state index in [0.717, 1.165) is 42.5 Å². The zero-order valence-corrected chi connectivity index (χ0v) is 16.1. The highest BCUT2D eigenvalue weighted by molar-refractivity contribution is 7.99. The molecule has 0 aliphatic carbocycles. The Kier molecular flexibility index (Phi) is 7.08. The summed E-state index contributed by atoms with van der Waals surface area (Å²) in [5.74, 6) is 1.41. The van der Waals surface area contributed by atoms with E-state index < -0.39 is 0 Å². The molecule has 7 heteroatoms. The summed E-state index contributed by atoms with van der Waals surface area (Å²) in [6.07, 6.45) is 4.67. The average molecular weight is 375 g/mol. The molecule has 6 nitrogen and oxygen atoms in total. The molecule has 1 amide bonds. The molecule has 3 rings (SSSR count). The zero-order valence-electron chi connectivity index (χ0n) is 15.3. The van der Waals surface area contributed by atoms with Crippen molar-refractivity contribution in [3.63, 3.8) is 0 Å². The van der Waals surface area contributed by atoms with E-state index in [-0.39, 0.29) is 5.91 Å². The van der Waals surface area contributed by atoms with Gasteiger partial charge in [0.25, 0.3) is 0 Å². The number of carbonyl (C=O) groups excluding carboxylic acids is 1. The third kappa shape index (κ3) is 4.86. The van der Waals surface area contributed by atoms with Gasteiger partial charge in [-0.05, 0) is 12.8 Å². The first-order valence-corrected chi connectivity index (χ1v) is 10.2. The van der Waals surface area contributed by atoms with Crippen LogP contribution in [0.1, 0.15) is 25.7 Å². The molecule has 1 aliphatic heterocycles. The number of methoxy groups -OCH3 is 1. The fourth-order valence-electron chi connectivity index (χ4n) is 3.12. The number of aromatic nitrogens is 3. The van der Waals surface area contributed by atoms with Gasteiger partial charge >= 0.3 is 0 Å². The molecule has 140 valence electrons.